The van der Waals surface area contributed by atoms with Crippen LogP contribution in [0.2, 0.25) is 0 Å². The summed E-state index contributed by atoms with van der Waals surface area (Å²) in [7, 11) is 0. The number of aliphatic hydroxyl groups excluding tert-OH is 1. The normalized spacial score (nSPS) is 13.0. The Labute approximate surface area is 70.8 Å². The molecule has 0 spiro atoms. The molecule has 0 radical (unpaired) electrons. The Hall–Kier alpha value is -0.930. The summed E-state index contributed by atoms with van der Waals surface area (Å²) >= 11 is 0. The second-order valence-corrected chi connectivity index (χ2v) is 2.76. The van der Waals surface area contributed by atoms with Gasteiger partial charge in [0.25, 0.3) is 0 Å². The van der Waals surface area contributed by atoms with Crippen LogP contribution in [0.5, 0.6) is 0 Å². The van der Waals surface area contributed by atoms with Gasteiger partial charge in [-0.1, -0.05) is 12.1 Å². The van der Waals surface area contributed by atoms with Crippen molar-refractivity contribution in [2.24, 2.45) is 5.73 Å². The average Bonchev–Trinajstić information content (AvgIpc) is 2.08. The largest absolute Gasteiger partial charge is 0.387 e. The van der Waals surface area contributed by atoms with Crippen molar-refractivity contribution in [3.05, 3.63) is 35.1 Å². The number of rotatable bonds is 2. The van der Waals surface area contributed by atoms with Gasteiger partial charge in [0.1, 0.15) is 5.82 Å². The van der Waals surface area contributed by atoms with Crippen LogP contribution in [0, 0.1) is 12.7 Å². The number of hydrogen-bond donors (Lipinski definition) is 2. The SMILES string of the molecule is Cc1ccc([C@@H](O)CN)cc1F. The van der Waals surface area contributed by atoms with Gasteiger partial charge in [-0.3, -0.25) is 0 Å². The highest BCUT2D eigenvalue weighted by atomic mass is 19.1. The van der Waals surface area contributed by atoms with E-state index in [0.717, 1.165) is 0 Å². The molecule has 0 heterocycles. The van der Waals surface area contributed by atoms with Gasteiger partial charge in [0.15, 0.2) is 0 Å². The molecule has 1 aromatic rings. The number of aryl methyl sites for hydroxylation is 1. The van der Waals surface area contributed by atoms with Crippen molar-refractivity contribution in [1.82, 2.24) is 0 Å². The van der Waals surface area contributed by atoms with Crippen molar-refractivity contribution in [2.75, 3.05) is 6.54 Å². The molecule has 1 rings (SSSR count). The van der Waals surface area contributed by atoms with Gasteiger partial charge in [0.2, 0.25) is 0 Å². The molecule has 66 valence electrons. The highest BCUT2D eigenvalue weighted by molar-refractivity contribution is 5.24. The lowest BCUT2D eigenvalue weighted by atomic mass is 10.1. The van der Waals surface area contributed by atoms with Crippen molar-refractivity contribution in [1.29, 1.82) is 0 Å². The molecule has 0 amide bonds. The molecule has 0 aliphatic carbocycles. The van der Waals surface area contributed by atoms with E-state index >= 15 is 0 Å². The predicted octanol–water partition coefficient (Wildman–Crippen LogP) is 1.13. The van der Waals surface area contributed by atoms with Crippen molar-refractivity contribution in [3.8, 4) is 0 Å². The third kappa shape index (κ3) is 1.81. The fourth-order valence-electron chi connectivity index (χ4n) is 0.952. The maximum atomic E-state index is 12.9. The molecule has 12 heavy (non-hydrogen) atoms. The van der Waals surface area contributed by atoms with Crippen LogP contribution >= 0.6 is 0 Å². The Kier molecular flexibility index (Phi) is 2.78. The highest BCUT2D eigenvalue weighted by Gasteiger charge is 2.06. The summed E-state index contributed by atoms with van der Waals surface area (Å²) in [6, 6.07) is 4.62. The first-order valence-corrected chi connectivity index (χ1v) is 3.79. The summed E-state index contributed by atoms with van der Waals surface area (Å²) in [6.07, 6.45) is -0.764. The van der Waals surface area contributed by atoms with Crippen LogP contribution in [0.4, 0.5) is 4.39 Å². The number of halogens is 1. The van der Waals surface area contributed by atoms with E-state index in [2.05, 4.69) is 0 Å². The summed E-state index contributed by atoms with van der Waals surface area (Å²) in [5, 5.41) is 9.25. The smallest absolute Gasteiger partial charge is 0.126 e. The van der Waals surface area contributed by atoms with Gasteiger partial charge < -0.3 is 10.8 Å². The maximum Gasteiger partial charge on any atom is 0.126 e. The lowest BCUT2D eigenvalue weighted by Crippen LogP contribution is -2.11. The first-order valence-electron chi connectivity index (χ1n) is 3.79. The third-order valence-corrected chi connectivity index (χ3v) is 1.80. The van der Waals surface area contributed by atoms with E-state index in [1.165, 1.54) is 6.07 Å². The summed E-state index contributed by atoms with van der Waals surface area (Å²) < 4.78 is 12.9. The lowest BCUT2D eigenvalue weighted by Gasteiger charge is -2.08. The summed E-state index contributed by atoms with van der Waals surface area (Å²) in [6.45, 7) is 1.79. The Morgan fingerprint density at radius 3 is 2.75 bits per heavy atom. The lowest BCUT2D eigenvalue weighted by molar-refractivity contribution is 0.186. The predicted molar refractivity (Wildman–Crippen MR) is 45.2 cm³/mol. The van der Waals surface area contributed by atoms with Gasteiger partial charge in [-0.2, -0.15) is 0 Å². The topological polar surface area (TPSA) is 46.2 Å². The van der Waals surface area contributed by atoms with Gasteiger partial charge in [0, 0.05) is 6.54 Å². The minimum Gasteiger partial charge on any atom is -0.387 e. The van der Waals surface area contributed by atoms with Crippen molar-refractivity contribution < 1.29 is 9.50 Å². The molecular weight excluding hydrogens is 157 g/mol. The molecule has 1 aromatic carbocycles. The zero-order valence-corrected chi connectivity index (χ0v) is 6.92. The zero-order chi connectivity index (χ0) is 9.14. The van der Waals surface area contributed by atoms with Gasteiger partial charge in [-0.25, -0.2) is 4.39 Å². The Morgan fingerprint density at radius 2 is 2.25 bits per heavy atom. The van der Waals surface area contributed by atoms with E-state index in [1.54, 1.807) is 19.1 Å². The minimum absolute atomic E-state index is 0.114. The summed E-state index contributed by atoms with van der Waals surface area (Å²) in [5.74, 6) is -0.306. The van der Waals surface area contributed by atoms with Gasteiger partial charge in [-0.05, 0) is 24.1 Å². The van der Waals surface area contributed by atoms with Crippen LogP contribution < -0.4 is 5.73 Å². The van der Waals surface area contributed by atoms with Crippen LogP contribution in [0.25, 0.3) is 0 Å². The molecule has 0 aromatic heterocycles. The fraction of sp³-hybridized carbons (Fsp3) is 0.333. The van der Waals surface area contributed by atoms with Gasteiger partial charge in [0.05, 0.1) is 6.10 Å². The number of hydrogen-bond acceptors (Lipinski definition) is 2. The second-order valence-electron chi connectivity index (χ2n) is 2.76. The number of nitrogens with two attached hydrogens (primary N) is 1. The van der Waals surface area contributed by atoms with E-state index in [9.17, 15) is 9.50 Å². The minimum atomic E-state index is -0.764. The van der Waals surface area contributed by atoms with E-state index in [1.807, 2.05) is 0 Å². The Morgan fingerprint density at radius 1 is 1.58 bits per heavy atom. The standard InChI is InChI=1S/C9H12FNO/c1-6-2-3-7(4-8(6)10)9(12)5-11/h2-4,9,12H,5,11H2,1H3/t9-/m0/s1. The van der Waals surface area contributed by atoms with Crippen LogP contribution in [0.1, 0.15) is 17.2 Å². The molecular formula is C9H12FNO. The van der Waals surface area contributed by atoms with Crippen molar-refractivity contribution in [2.45, 2.75) is 13.0 Å². The Balaban J connectivity index is 2.96. The summed E-state index contributed by atoms with van der Waals surface area (Å²) in [5.41, 5.74) is 6.32. The van der Waals surface area contributed by atoms with E-state index in [-0.39, 0.29) is 12.4 Å². The molecule has 0 fully saturated rings. The number of aliphatic hydroxyl groups is 1. The Bertz CT molecular complexity index is 275. The zero-order valence-electron chi connectivity index (χ0n) is 6.92. The second kappa shape index (κ2) is 3.65. The van der Waals surface area contributed by atoms with Crippen molar-refractivity contribution >= 4 is 0 Å². The van der Waals surface area contributed by atoms with Crippen LogP contribution in [-0.2, 0) is 0 Å². The molecule has 3 heteroatoms. The average molecular weight is 169 g/mol. The molecule has 0 unspecified atom stereocenters. The molecule has 3 N–H and O–H groups in total. The van der Waals surface area contributed by atoms with Gasteiger partial charge >= 0.3 is 0 Å². The van der Waals surface area contributed by atoms with E-state index in [4.69, 9.17) is 5.73 Å². The molecule has 2 nitrogen and oxygen atoms in total. The van der Waals surface area contributed by atoms with Crippen LogP contribution in [0.3, 0.4) is 0 Å². The third-order valence-electron chi connectivity index (χ3n) is 1.80. The monoisotopic (exact) mass is 169 g/mol. The molecule has 0 bridgehead atoms. The molecule has 1 atom stereocenters. The van der Waals surface area contributed by atoms with E-state index in [0.29, 0.717) is 11.1 Å². The van der Waals surface area contributed by atoms with Crippen molar-refractivity contribution in [3.63, 3.8) is 0 Å². The molecule has 0 saturated heterocycles. The van der Waals surface area contributed by atoms with Gasteiger partial charge in [-0.15, -0.1) is 0 Å². The van der Waals surface area contributed by atoms with E-state index < -0.39 is 6.10 Å². The van der Waals surface area contributed by atoms with Crippen LogP contribution in [-0.4, -0.2) is 11.7 Å². The summed E-state index contributed by atoms with van der Waals surface area (Å²) in [4.78, 5) is 0. The molecule has 0 saturated carbocycles. The molecule has 0 aliphatic heterocycles. The first-order chi connectivity index (χ1) is 5.65. The molecule has 0 aliphatic rings. The fourth-order valence-corrected chi connectivity index (χ4v) is 0.952. The quantitative estimate of drug-likeness (QED) is 0.697. The first kappa shape index (κ1) is 9.16. The highest BCUT2D eigenvalue weighted by Crippen LogP contribution is 2.15. The number of benzene rings is 1. The maximum absolute atomic E-state index is 12.9. The van der Waals surface area contributed by atoms with Crippen LogP contribution in [0.15, 0.2) is 18.2 Å².